The molecule has 0 radical (unpaired) electrons. The molecule has 0 amide bonds. The fourth-order valence-corrected chi connectivity index (χ4v) is 3.11. The van der Waals surface area contributed by atoms with Crippen molar-refractivity contribution in [1.29, 1.82) is 0 Å². The highest BCUT2D eigenvalue weighted by atomic mass is 79.9. The van der Waals surface area contributed by atoms with E-state index in [-0.39, 0.29) is 40.8 Å². The molecule has 0 spiro atoms. The fourth-order valence-electron chi connectivity index (χ4n) is 2.13. The van der Waals surface area contributed by atoms with E-state index in [1.807, 2.05) is 0 Å². The van der Waals surface area contributed by atoms with Gasteiger partial charge in [-0.1, -0.05) is 27.5 Å². The first-order valence-corrected chi connectivity index (χ1v) is 9.58. The number of nitrogens with one attached hydrogen (secondary N) is 1. The van der Waals surface area contributed by atoms with Crippen LogP contribution in [0.2, 0.25) is 5.02 Å². The number of halogens is 3. The predicted molar refractivity (Wildman–Crippen MR) is 97.1 cm³/mol. The molecule has 1 heterocycles. The summed E-state index contributed by atoms with van der Waals surface area (Å²) in [7, 11) is 0. The zero-order chi connectivity index (χ0) is 19.4. The number of benzene rings is 1. The molecule has 2 aromatic rings. The van der Waals surface area contributed by atoms with Crippen LogP contribution in [0.15, 0.2) is 22.6 Å². The quantitative estimate of drug-likeness (QED) is 0.321. The number of esters is 1. The summed E-state index contributed by atoms with van der Waals surface area (Å²) in [6.07, 6.45) is 0.246. The topological polar surface area (TPSA) is 109 Å². The third-order valence-electron chi connectivity index (χ3n) is 3.20. The first-order valence-electron chi connectivity index (χ1n) is 7.18. The van der Waals surface area contributed by atoms with Gasteiger partial charge in [-0.05, 0) is 24.6 Å². The van der Waals surface area contributed by atoms with Gasteiger partial charge in [0.25, 0.3) is 0 Å². The van der Waals surface area contributed by atoms with E-state index in [2.05, 4.69) is 20.7 Å². The number of hydrogen-bond acceptors (Lipinski definition) is 5. The average molecular weight is 471 g/mol. The highest BCUT2D eigenvalue weighted by Gasteiger charge is 2.29. The number of aromatic hydroxyl groups is 1. The Morgan fingerprint density at radius 2 is 2.23 bits per heavy atom. The summed E-state index contributed by atoms with van der Waals surface area (Å²) in [5.74, 6) is -2.43. The maximum absolute atomic E-state index is 14.2. The van der Waals surface area contributed by atoms with Gasteiger partial charge in [0.2, 0.25) is 22.8 Å². The maximum Gasteiger partial charge on any atom is 0.308 e. The summed E-state index contributed by atoms with van der Waals surface area (Å²) in [4.78, 5) is 10.7. The second-order valence-electron chi connectivity index (χ2n) is 5.09. The first kappa shape index (κ1) is 20.8. The van der Waals surface area contributed by atoms with Gasteiger partial charge in [-0.15, -0.1) is 0 Å². The molecule has 2 atom stereocenters. The van der Waals surface area contributed by atoms with Gasteiger partial charge >= 0.3 is 5.97 Å². The molecule has 0 aliphatic carbocycles. The molecule has 0 saturated carbocycles. The number of furan rings is 1. The second kappa shape index (κ2) is 8.96. The summed E-state index contributed by atoms with van der Waals surface area (Å²) >= 11 is 6.83. The van der Waals surface area contributed by atoms with E-state index >= 15 is 0 Å². The number of alkyl halides is 1. The monoisotopic (exact) mass is 469 g/mol. The van der Waals surface area contributed by atoms with Crippen molar-refractivity contribution in [2.24, 2.45) is 0 Å². The summed E-state index contributed by atoms with van der Waals surface area (Å²) in [5.41, 5.74) is -0.0687. The van der Waals surface area contributed by atoms with Crippen LogP contribution in [-0.2, 0) is 16.1 Å². The van der Waals surface area contributed by atoms with Crippen LogP contribution in [0, 0.1) is 5.82 Å². The van der Waals surface area contributed by atoms with Crippen molar-refractivity contribution in [2.75, 3.05) is 6.54 Å². The Kier molecular flexibility index (Phi) is 7.18. The van der Waals surface area contributed by atoms with Crippen molar-refractivity contribution in [3.8, 4) is 22.8 Å². The number of carbonyl (C=O) groups excluding carboxylic acids is 1. The summed E-state index contributed by atoms with van der Waals surface area (Å²) in [6.45, 7) is 1.25. The van der Waals surface area contributed by atoms with Crippen molar-refractivity contribution in [2.45, 2.75) is 18.2 Å². The minimum Gasteiger partial charge on any atom is -0.502 e. The molecule has 0 saturated heterocycles. The molecule has 0 bridgehead atoms. The molecule has 0 aliphatic rings. The van der Waals surface area contributed by atoms with Crippen molar-refractivity contribution in [3.05, 3.63) is 34.8 Å². The number of ether oxygens (including phenoxy) is 1. The molecule has 1 aromatic heterocycles. The molecule has 3 N–H and O–H groups in total. The maximum atomic E-state index is 14.2. The van der Waals surface area contributed by atoms with E-state index in [9.17, 15) is 18.5 Å². The lowest BCUT2D eigenvalue weighted by Gasteiger charge is -2.08. The molecular weight excluding hydrogens is 457 g/mol. The third-order valence-corrected chi connectivity index (χ3v) is 4.76. The van der Waals surface area contributed by atoms with Gasteiger partial charge in [-0.2, -0.15) is 0 Å². The van der Waals surface area contributed by atoms with Crippen LogP contribution in [0.25, 0.3) is 11.3 Å². The Labute approximate surface area is 164 Å². The van der Waals surface area contributed by atoms with Crippen LogP contribution in [-0.4, -0.2) is 26.4 Å². The van der Waals surface area contributed by atoms with Gasteiger partial charge in [0.05, 0.1) is 10.4 Å². The normalized spacial score (nSPS) is 13.4. The van der Waals surface area contributed by atoms with Gasteiger partial charge in [-0.3, -0.25) is 9.35 Å². The summed E-state index contributed by atoms with van der Waals surface area (Å²) < 4.78 is 46.4. The highest BCUT2D eigenvalue weighted by molar-refractivity contribution is 9.09. The van der Waals surface area contributed by atoms with Crippen molar-refractivity contribution >= 4 is 44.8 Å². The Morgan fingerprint density at radius 3 is 2.81 bits per heavy atom. The molecule has 2 rings (SSSR count). The van der Waals surface area contributed by atoms with E-state index in [0.717, 1.165) is 13.0 Å². The van der Waals surface area contributed by atoms with E-state index in [1.54, 1.807) is 0 Å². The van der Waals surface area contributed by atoms with Crippen LogP contribution < -0.4 is 9.46 Å². The van der Waals surface area contributed by atoms with Gasteiger partial charge in [-0.25, -0.2) is 13.3 Å². The zero-order valence-corrected chi connectivity index (χ0v) is 16.5. The molecule has 142 valence electrons. The molecule has 0 fully saturated rings. The molecule has 7 nitrogen and oxygen atoms in total. The van der Waals surface area contributed by atoms with Crippen LogP contribution >= 0.6 is 27.5 Å². The predicted octanol–water partition coefficient (Wildman–Crippen LogP) is 3.92. The van der Waals surface area contributed by atoms with Gasteiger partial charge in [0.1, 0.15) is 5.82 Å². The van der Waals surface area contributed by atoms with Crippen LogP contribution in [0.4, 0.5) is 4.39 Å². The van der Waals surface area contributed by atoms with E-state index in [4.69, 9.17) is 25.3 Å². The Morgan fingerprint density at radius 1 is 1.54 bits per heavy atom. The van der Waals surface area contributed by atoms with E-state index < -0.39 is 33.6 Å². The lowest BCUT2D eigenvalue weighted by Crippen LogP contribution is -2.18. The Balaban J connectivity index is 2.43. The van der Waals surface area contributed by atoms with Gasteiger partial charge in [0, 0.05) is 18.5 Å². The fraction of sp³-hybridized carbons (Fsp3) is 0.267. The van der Waals surface area contributed by atoms with Crippen LogP contribution in [0.5, 0.6) is 11.5 Å². The molecule has 11 heteroatoms. The van der Waals surface area contributed by atoms with Crippen molar-refractivity contribution in [1.82, 2.24) is 4.72 Å². The Hall–Kier alpha value is -1.46. The Bertz CT molecular complexity index is 846. The number of hydrogen-bond donors (Lipinski definition) is 3. The van der Waals surface area contributed by atoms with Crippen LogP contribution in [0.3, 0.4) is 0 Å². The molecule has 2 unspecified atom stereocenters. The second-order valence-corrected chi connectivity index (χ2v) is 7.42. The smallest absolute Gasteiger partial charge is 0.308 e. The largest absolute Gasteiger partial charge is 0.502 e. The zero-order valence-electron chi connectivity index (χ0n) is 13.3. The van der Waals surface area contributed by atoms with Crippen molar-refractivity contribution < 1.29 is 32.2 Å². The highest BCUT2D eigenvalue weighted by Crippen LogP contribution is 2.48. The standard InChI is InChI=1S/C15H14BrClFNO6S/c1-7(20)24-15-12(21)13(9-3-2-8(17)6-11(9)18)25-14(15)10(16)4-5-19-26(22)23/h2-3,6,10,19,21H,4-5H2,1H3,(H,22,23). The SMILES string of the molecule is CC(=O)Oc1c(C(Br)CCNS(=O)O)oc(-c2ccc(Cl)cc2F)c1O. The summed E-state index contributed by atoms with van der Waals surface area (Å²) in [6, 6.07) is 3.78. The lowest BCUT2D eigenvalue weighted by atomic mass is 10.1. The molecular formula is C15H14BrClFNO6S. The average Bonchev–Trinajstić information content (AvgIpc) is 2.84. The number of carbonyl (C=O) groups is 1. The van der Waals surface area contributed by atoms with Gasteiger partial charge in [0.15, 0.2) is 11.5 Å². The molecule has 0 aliphatic heterocycles. The first-order chi connectivity index (χ1) is 12.2. The molecule has 26 heavy (non-hydrogen) atoms. The van der Waals surface area contributed by atoms with E-state index in [0.29, 0.717) is 0 Å². The molecule has 1 aromatic carbocycles. The van der Waals surface area contributed by atoms with Crippen molar-refractivity contribution in [3.63, 3.8) is 0 Å². The number of rotatable bonds is 7. The van der Waals surface area contributed by atoms with Crippen LogP contribution in [0.1, 0.15) is 23.9 Å². The lowest BCUT2D eigenvalue weighted by molar-refractivity contribution is -0.132. The summed E-state index contributed by atoms with van der Waals surface area (Å²) in [5, 5.41) is 10.5. The minimum atomic E-state index is -2.19. The van der Waals surface area contributed by atoms with E-state index in [1.165, 1.54) is 12.1 Å². The minimum absolute atomic E-state index is 0.0348. The van der Waals surface area contributed by atoms with Gasteiger partial charge < -0.3 is 14.3 Å². The third kappa shape index (κ3) is 5.04.